The molecule has 0 aromatic heterocycles. The van der Waals surface area contributed by atoms with Gasteiger partial charge < -0.3 is 13.7 Å². The van der Waals surface area contributed by atoms with Gasteiger partial charge in [0.2, 0.25) is 0 Å². The van der Waals surface area contributed by atoms with Gasteiger partial charge in [-0.05, 0) is 31.5 Å². The average molecular weight is 368 g/mol. The van der Waals surface area contributed by atoms with Crippen LogP contribution in [0.2, 0.25) is 0 Å². The van der Waals surface area contributed by atoms with E-state index in [4.69, 9.17) is 13.7 Å². The van der Waals surface area contributed by atoms with Gasteiger partial charge in [0.05, 0.1) is 19.8 Å². The molecule has 0 amide bonds. The van der Waals surface area contributed by atoms with Crippen LogP contribution in [0.25, 0.3) is 0 Å². The molecule has 0 saturated carbocycles. The number of aryl methyl sites for hydroxylation is 1. The molecule has 6 nitrogen and oxygen atoms in total. The minimum Gasteiger partial charge on any atom is -0.493 e. The lowest BCUT2D eigenvalue weighted by Gasteiger charge is -2.13. The van der Waals surface area contributed by atoms with Crippen molar-refractivity contribution in [2.45, 2.75) is 18.7 Å². The van der Waals surface area contributed by atoms with E-state index in [2.05, 4.69) is 0 Å². The van der Waals surface area contributed by atoms with Gasteiger partial charge in [0.15, 0.2) is 23.0 Å². The second-order valence-corrected chi connectivity index (χ2v) is 6.75. The van der Waals surface area contributed by atoms with Gasteiger partial charge in [-0.15, -0.1) is 0 Å². The lowest BCUT2D eigenvalue weighted by molar-refractivity contribution is 0.101. The Balaban J connectivity index is 2.54. The third-order valence-corrected chi connectivity index (χ3v) is 4.67. The van der Waals surface area contributed by atoms with Crippen molar-refractivity contribution in [3.63, 3.8) is 0 Å². The summed E-state index contributed by atoms with van der Waals surface area (Å²) < 4.78 is 54.2. The van der Waals surface area contributed by atoms with Crippen LogP contribution in [-0.2, 0) is 10.1 Å². The molecule has 2 aromatic rings. The van der Waals surface area contributed by atoms with Gasteiger partial charge in [-0.3, -0.25) is 4.79 Å². The molecule has 134 valence electrons. The largest absolute Gasteiger partial charge is 0.493 e. The summed E-state index contributed by atoms with van der Waals surface area (Å²) in [5.41, 5.74) is 0.762. The van der Waals surface area contributed by atoms with Crippen LogP contribution in [0.15, 0.2) is 35.2 Å². The summed E-state index contributed by atoms with van der Waals surface area (Å²) in [5, 5.41) is 0. The number of Topliss-reactive ketones (excluding diaryl/α,β-unsaturated/α-hetero) is 1. The van der Waals surface area contributed by atoms with E-state index in [1.165, 1.54) is 33.3 Å². The fourth-order valence-corrected chi connectivity index (χ4v) is 3.19. The van der Waals surface area contributed by atoms with Gasteiger partial charge in [0.1, 0.15) is 10.7 Å². The van der Waals surface area contributed by atoms with Crippen LogP contribution in [0.5, 0.6) is 17.2 Å². The maximum Gasteiger partial charge on any atom is 0.342 e. The molecule has 2 rings (SSSR count). The highest BCUT2D eigenvalue weighted by atomic mass is 32.2. The van der Waals surface area contributed by atoms with Gasteiger partial charge >= 0.3 is 10.1 Å². The molecular formula is C17H17FO6S. The third-order valence-electron chi connectivity index (χ3n) is 3.42. The molecule has 0 aliphatic carbocycles. The van der Waals surface area contributed by atoms with Crippen molar-refractivity contribution < 1.29 is 31.3 Å². The molecule has 25 heavy (non-hydrogen) atoms. The van der Waals surface area contributed by atoms with Gasteiger partial charge in [0.25, 0.3) is 0 Å². The van der Waals surface area contributed by atoms with Gasteiger partial charge in [-0.1, -0.05) is 6.07 Å². The van der Waals surface area contributed by atoms with Crippen molar-refractivity contribution in [3.05, 3.63) is 47.3 Å². The fraction of sp³-hybridized carbons (Fsp3) is 0.235. The number of hydrogen-bond acceptors (Lipinski definition) is 6. The topological polar surface area (TPSA) is 78.9 Å². The van der Waals surface area contributed by atoms with Crippen LogP contribution in [0.4, 0.5) is 4.39 Å². The zero-order chi connectivity index (χ0) is 18.8. The number of ketones is 1. The maximum atomic E-state index is 14.2. The quantitative estimate of drug-likeness (QED) is 0.576. The van der Waals surface area contributed by atoms with Crippen LogP contribution in [0.1, 0.15) is 22.8 Å². The molecule has 0 atom stereocenters. The van der Waals surface area contributed by atoms with Crippen LogP contribution in [0.3, 0.4) is 0 Å². The van der Waals surface area contributed by atoms with E-state index in [0.717, 1.165) is 12.1 Å². The molecule has 0 heterocycles. The van der Waals surface area contributed by atoms with Crippen LogP contribution in [-0.4, -0.2) is 28.4 Å². The molecule has 2 aromatic carbocycles. The predicted molar refractivity (Wildman–Crippen MR) is 88.5 cm³/mol. The van der Waals surface area contributed by atoms with E-state index in [9.17, 15) is 17.6 Å². The molecule has 0 aliphatic rings. The number of methoxy groups -OCH3 is 2. The van der Waals surface area contributed by atoms with Gasteiger partial charge in [-0.25, -0.2) is 4.39 Å². The lowest BCUT2D eigenvalue weighted by Crippen LogP contribution is -2.14. The minimum absolute atomic E-state index is 0.0297. The summed E-state index contributed by atoms with van der Waals surface area (Å²) in [6.07, 6.45) is 0. The highest BCUT2D eigenvalue weighted by molar-refractivity contribution is 7.87. The van der Waals surface area contributed by atoms with E-state index < -0.39 is 20.8 Å². The first-order valence-electron chi connectivity index (χ1n) is 7.17. The molecule has 0 unspecified atom stereocenters. The van der Waals surface area contributed by atoms with Crippen molar-refractivity contribution in [2.24, 2.45) is 0 Å². The molecule has 0 bridgehead atoms. The van der Waals surface area contributed by atoms with Gasteiger partial charge in [0, 0.05) is 12.1 Å². The first-order chi connectivity index (χ1) is 11.7. The number of ether oxygens (including phenoxy) is 2. The van der Waals surface area contributed by atoms with E-state index in [0.29, 0.717) is 5.56 Å². The molecular weight excluding hydrogens is 351 g/mol. The minimum atomic E-state index is -4.54. The zero-order valence-electron chi connectivity index (χ0n) is 14.1. The number of carbonyl (C=O) groups excluding carboxylic acids is 1. The van der Waals surface area contributed by atoms with E-state index in [-0.39, 0.29) is 28.6 Å². The first kappa shape index (κ1) is 18.7. The van der Waals surface area contributed by atoms with Crippen molar-refractivity contribution in [3.8, 4) is 17.2 Å². The first-order valence-corrected chi connectivity index (χ1v) is 8.58. The lowest BCUT2D eigenvalue weighted by atomic mass is 10.1. The molecule has 0 N–H and O–H groups in total. The standard InChI is InChI=1S/C17H17FO6S/c1-10-5-6-12(11(2)19)14(7-10)24-25(20,21)17-9-16(23-4)15(22-3)8-13(17)18/h5-9H,1-4H3. The fourth-order valence-electron chi connectivity index (χ4n) is 2.18. The monoisotopic (exact) mass is 368 g/mol. The molecule has 8 heteroatoms. The van der Waals surface area contributed by atoms with Crippen LogP contribution >= 0.6 is 0 Å². The third kappa shape index (κ3) is 3.90. The van der Waals surface area contributed by atoms with Crippen molar-refractivity contribution in [2.75, 3.05) is 14.2 Å². The Hall–Kier alpha value is -2.61. The Bertz CT molecular complexity index is 921. The summed E-state index contributed by atoms with van der Waals surface area (Å²) >= 11 is 0. The number of rotatable bonds is 6. The normalized spacial score (nSPS) is 11.1. The number of carbonyl (C=O) groups is 1. The molecule has 0 spiro atoms. The number of hydrogen-bond donors (Lipinski definition) is 0. The number of benzene rings is 2. The molecule has 0 radical (unpaired) electrons. The van der Waals surface area contributed by atoms with E-state index in [1.807, 2.05) is 0 Å². The molecule has 0 fully saturated rings. The van der Waals surface area contributed by atoms with E-state index >= 15 is 0 Å². The Kier molecular flexibility index (Phi) is 5.32. The average Bonchev–Trinajstić information content (AvgIpc) is 2.53. The van der Waals surface area contributed by atoms with Crippen molar-refractivity contribution in [1.82, 2.24) is 0 Å². The second-order valence-electron chi connectivity index (χ2n) is 5.23. The van der Waals surface area contributed by atoms with Crippen LogP contribution < -0.4 is 13.7 Å². The summed E-state index contributed by atoms with van der Waals surface area (Å²) in [5.74, 6) is -1.53. The second kappa shape index (κ2) is 7.10. The van der Waals surface area contributed by atoms with Gasteiger partial charge in [-0.2, -0.15) is 8.42 Å². The summed E-state index contributed by atoms with van der Waals surface area (Å²) in [6, 6.07) is 6.34. The Morgan fingerprint density at radius 3 is 2.16 bits per heavy atom. The zero-order valence-corrected chi connectivity index (χ0v) is 14.9. The summed E-state index contributed by atoms with van der Waals surface area (Å²) in [7, 11) is -1.94. The van der Waals surface area contributed by atoms with Crippen molar-refractivity contribution >= 4 is 15.9 Å². The maximum absolute atomic E-state index is 14.2. The van der Waals surface area contributed by atoms with Crippen LogP contribution in [0, 0.1) is 12.7 Å². The Labute approximate surface area is 145 Å². The number of halogens is 1. The highest BCUT2D eigenvalue weighted by Gasteiger charge is 2.26. The van der Waals surface area contributed by atoms with Crippen molar-refractivity contribution in [1.29, 1.82) is 0 Å². The SMILES string of the molecule is COc1cc(F)c(S(=O)(=O)Oc2cc(C)ccc2C(C)=O)cc1OC. The Morgan fingerprint density at radius 2 is 1.60 bits per heavy atom. The smallest absolute Gasteiger partial charge is 0.342 e. The summed E-state index contributed by atoms with van der Waals surface area (Å²) in [4.78, 5) is 10.9. The molecule has 0 saturated heterocycles. The summed E-state index contributed by atoms with van der Waals surface area (Å²) in [6.45, 7) is 2.99. The molecule has 0 aliphatic heterocycles. The highest BCUT2D eigenvalue weighted by Crippen LogP contribution is 2.33. The Morgan fingerprint density at radius 1 is 1.00 bits per heavy atom. The predicted octanol–water partition coefficient (Wildman–Crippen LogP) is 3.12. The van der Waals surface area contributed by atoms with E-state index in [1.54, 1.807) is 13.0 Å².